The molecule has 3 rings (SSSR count). The molecule has 0 saturated heterocycles. The van der Waals surface area contributed by atoms with Crippen molar-refractivity contribution in [1.29, 1.82) is 0 Å². The molecular formula is C15H16O. The lowest BCUT2D eigenvalue weighted by atomic mass is 9.94. The highest BCUT2D eigenvalue weighted by Crippen LogP contribution is 2.41. The molecule has 16 heavy (non-hydrogen) atoms. The molecule has 0 amide bonds. The van der Waals surface area contributed by atoms with Gasteiger partial charge < -0.3 is 5.11 Å². The summed E-state index contributed by atoms with van der Waals surface area (Å²) in [5.74, 6) is 1.08. The molecule has 0 bridgehead atoms. The van der Waals surface area contributed by atoms with Gasteiger partial charge in [-0.1, -0.05) is 49.2 Å². The van der Waals surface area contributed by atoms with Crippen LogP contribution < -0.4 is 0 Å². The van der Waals surface area contributed by atoms with Crippen LogP contribution in [-0.2, 0) is 0 Å². The smallest absolute Gasteiger partial charge is 0.126 e. The molecule has 1 N–H and O–H groups in total. The van der Waals surface area contributed by atoms with Gasteiger partial charge in [-0.3, -0.25) is 0 Å². The van der Waals surface area contributed by atoms with E-state index in [1.807, 2.05) is 24.3 Å². The molecule has 1 nitrogen and oxygen atoms in total. The highest BCUT2D eigenvalue weighted by atomic mass is 16.3. The number of hydrogen-bond acceptors (Lipinski definition) is 1. The minimum Gasteiger partial charge on any atom is -0.507 e. The first-order chi connectivity index (χ1) is 7.86. The average Bonchev–Trinajstić information content (AvgIpc) is 2.83. The summed E-state index contributed by atoms with van der Waals surface area (Å²) >= 11 is 0. The second kappa shape index (κ2) is 3.82. The van der Waals surface area contributed by atoms with Crippen molar-refractivity contribution in [3.05, 3.63) is 42.0 Å². The molecule has 2 aromatic rings. The number of hydrogen-bond donors (Lipinski definition) is 1. The SMILES string of the molecule is Oc1c(C2CCCC2)ccc2ccccc12. The van der Waals surface area contributed by atoms with E-state index in [4.69, 9.17) is 0 Å². The topological polar surface area (TPSA) is 20.2 Å². The zero-order valence-electron chi connectivity index (χ0n) is 9.32. The van der Waals surface area contributed by atoms with Gasteiger partial charge in [0, 0.05) is 5.39 Å². The maximum Gasteiger partial charge on any atom is 0.126 e. The lowest BCUT2D eigenvalue weighted by Gasteiger charge is -2.13. The molecule has 1 heteroatoms. The van der Waals surface area contributed by atoms with Gasteiger partial charge in [0.15, 0.2) is 0 Å². The summed E-state index contributed by atoms with van der Waals surface area (Å²) < 4.78 is 0. The molecule has 0 spiro atoms. The van der Waals surface area contributed by atoms with Gasteiger partial charge in [-0.2, -0.15) is 0 Å². The molecule has 0 aliphatic heterocycles. The van der Waals surface area contributed by atoms with E-state index >= 15 is 0 Å². The van der Waals surface area contributed by atoms with E-state index in [2.05, 4.69) is 12.1 Å². The van der Waals surface area contributed by atoms with Crippen molar-refractivity contribution in [3.8, 4) is 5.75 Å². The molecule has 1 aliphatic carbocycles. The molecule has 1 aliphatic rings. The lowest BCUT2D eigenvalue weighted by Crippen LogP contribution is -1.93. The summed E-state index contributed by atoms with van der Waals surface area (Å²) in [4.78, 5) is 0. The van der Waals surface area contributed by atoms with Gasteiger partial charge in [-0.15, -0.1) is 0 Å². The molecule has 1 saturated carbocycles. The quantitative estimate of drug-likeness (QED) is 0.751. The van der Waals surface area contributed by atoms with Crippen LogP contribution >= 0.6 is 0 Å². The molecule has 0 unspecified atom stereocenters. The number of phenols is 1. The number of rotatable bonds is 1. The fourth-order valence-corrected chi connectivity index (χ4v) is 2.84. The maximum absolute atomic E-state index is 10.3. The standard InChI is InChI=1S/C15H16O/c16-15-13-8-4-3-7-12(13)9-10-14(15)11-5-1-2-6-11/h3-4,7-11,16H,1-2,5-6H2. The summed E-state index contributed by atoms with van der Waals surface area (Å²) in [5.41, 5.74) is 1.15. The Bertz CT molecular complexity index is 510. The number of fused-ring (bicyclic) bond motifs is 1. The van der Waals surface area contributed by atoms with E-state index in [1.165, 1.54) is 25.7 Å². The summed E-state index contributed by atoms with van der Waals surface area (Å²) in [6.45, 7) is 0. The summed E-state index contributed by atoms with van der Waals surface area (Å²) in [6.07, 6.45) is 5.06. The van der Waals surface area contributed by atoms with Crippen molar-refractivity contribution in [3.63, 3.8) is 0 Å². The molecule has 2 aromatic carbocycles. The molecular weight excluding hydrogens is 196 g/mol. The van der Waals surface area contributed by atoms with E-state index in [9.17, 15) is 5.11 Å². The fraction of sp³-hybridized carbons (Fsp3) is 0.333. The molecule has 1 fully saturated rings. The van der Waals surface area contributed by atoms with Crippen LogP contribution in [0, 0.1) is 0 Å². The van der Waals surface area contributed by atoms with Crippen molar-refractivity contribution in [2.75, 3.05) is 0 Å². The summed E-state index contributed by atoms with van der Waals surface area (Å²) in [5, 5.41) is 12.4. The largest absolute Gasteiger partial charge is 0.507 e. The molecule has 82 valence electrons. The Labute approximate surface area is 95.7 Å². The molecule has 0 radical (unpaired) electrons. The summed E-state index contributed by atoms with van der Waals surface area (Å²) in [6, 6.07) is 12.3. The second-order valence-corrected chi connectivity index (χ2v) is 4.71. The van der Waals surface area contributed by atoms with Gasteiger partial charge in [-0.05, 0) is 29.7 Å². The van der Waals surface area contributed by atoms with Crippen molar-refractivity contribution >= 4 is 10.8 Å². The minimum absolute atomic E-state index is 0.505. The van der Waals surface area contributed by atoms with Crippen molar-refractivity contribution in [2.45, 2.75) is 31.6 Å². The third-order valence-electron chi connectivity index (χ3n) is 3.73. The third kappa shape index (κ3) is 1.47. The van der Waals surface area contributed by atoms with Crippen molar-refractivity contribution in [1.82, 2.24) is 0 Å². The molecule has 0 heterocycles. The Morgan fingerprint density at radius 1 is 0.938 bits per heavy atom. The van der Waals surface area contributed by atoms with Gasteiger partial charge in [0.2, 0.25) is 0 Å². The van der Waals surface area contributed by atoms with Crippen molar-refractivity contribution < 1.29 is 5.11 Å². The number of benzene rings is 2. The van der Waals surface area contributed by atoms with Crippen LogP contribution in [0.1, 0.15) is 37.2 Å². The fourth-order valence-electron chi connectivity index (χ4n) is 2.84. The van der Waals surface area contributed by atoms with Crippen LogP contribution in [0.3, 0.4) is 0 Å². The predicted molar refractivity (Wildman–Crippen MR) is 66.8 cm³/mol. The zero-order valence-corrected chi connectivity index (χ0v) is 9.32. The van der Waals surface area contributed by atoms with Crippen LogP contribution in [0.5, 0.6) is 5.75 Å². The predicted octanol–water partition coefficient (Wildman–Crippen LogP) is 4.20. The first-order valence-electron chi connectivity index (χ1n) is 6.07. The highest BCUT2D eigenvalue weighted by molar-refractivity contribution is 5.89. The monoisotopic (exact) mass is 212 g/mol. The molecule has 0 atom stereocenters. The van der Waals surface area contributed by atoms with Crippen molar-refractivity contribution in [2.24, 2.45) is 0 Å². The first-order valence-corrected chi connectivity index (χ1v) is 6.07. The van der Waals surface area contributed by atoms with Crippen LogP contribution in [0.4, 0.5) is 0 Å². The normalized spacial score (nSPS) is 17.0. The van der Waals surface area contributed by atoms with Gasteiger partial charge in [-0.25, -0.2) is 0 Å². The molecule has 0 aromatic heterocycles. The highest BCUT2D eigenvalue weighted by Gasteiger charge is 2.20. The van der Waals surface area contributed by atoms with E-state index in [-0.39, 0.29) is 0 Å². The second-order valence-electron chi connectivity index (χ2n) is 4.71. The van der Waals surface area contributed by atoms with Gasteiger partial charge >= 0.3 is 0 Å². The van der Waals surface area contributed by atoms with Crippen LogP contribution in [0.25, 0.3) is 10.8 Å². The Morgan fingerprint density at radius 2 is 1.69 bits per heavy atom. The van der Waals surface area contributed by atoms with Crippen LogP contribution in [0.15, 0.2) is 36.4 Å². The Balaban J connectivity index is 2.15. The van der Waals surface area contributed by atoms with Crippen LogP contribution in [-0.4, -0.2) is 5.11 Å². The Morgan fingerprint density at radius 3 is 2.50 bits per heavy atom. The Hall–Kier alpha value is -1.50. The number of phenolic OH excluding ortho intramolecular Hbond substituents is 1. The van der Waals surface area contributed by atoms with Gasteiger partial charge in [0.25, 0.3) is 0 Å². The van der Waals surface area contributed by atoms with E-state index in [0.717, 1.165) is 16.3 Å². The average molecular weight is 212 g/mol. The summed E-state index contributed by atoms with van der Waals surface area (Å²) in [7, 11) is 0. The number of aromatic hydroxyl groups is 1. The third-order valence-corrected chi connectivity index (χ3v) is 3.73. The van der Waals surface area contributed by atoms with E-state index in [0.29, 0.717) is 11.7 Å². The minimum atomic E-state index is 0.505. The van der Waals surface area contributed by atoms with Crippen LogP contribution in [0.2, 0.25) is 0 Å². The van der Waals surface area contributed by atoms with Gasteiger partial charge in [0.1, 0.15) is 5.75 Å². The van der Waals surface area contributed by atoms with E-state index in [1.54, 1.807) is 0 Å². The first kappa shape index (κ1) is 9.71. The van der Waals surface area contributed by atoms with E-state index < -0.39 is 0 Å². The lowest BCUT2D eigenvalue weighted by molar-refractivity contribution is 0.467. The zero-order chi connectivity index (χ0) is 11.0. The Kier molecular flexibility index (Phi) is 2.32. The maximum atomic E-state index is 10.3. The van der Waals surface area contributed by atoms with Gasteiger partial charge in [0.05, 0.1) is 0 Å².